The third kappa shape index (κ3) is 4.20. The van der Waals surface area contributed by atoms with E-state index in [2.05, 4.69) is 15.6 Å². The number of halogens is 1. The average molecular weight is 304 g/mol. The fraction of sp³-hybridized carbons (Fsp3) is 0.250. The molecular weight excluding hydrogens is 286 g/mol. The summed E-state index contributed by atoms with van der Waals surface area (Å²) >= 11 is 6.08. The minimum atomic E-state index is -0.187. The molecule has 4 nitrogen and oxygen atoms in total. The molecule has 1 heterocycles. The predicted octanol–water partition coefficient (Wildman–Crippen LogP) is 3.41. The SMILES string of the molecule is CCNc1ncc(C(=O)NCc2ccc(C)cc2)cc1Cl. The van der Waals surface area contributed by atoms with E-state index in [4.69, 9.17) is 11.6 Å². The first-order valence-corrected chi connectivity index (χ1v) is 7.21. The van der Waals surface area contributed by atoms with Crippen LogP contribution in [0.25, 0.3) is 0 Å². The second-order valence-corrected chi connectivity index (χ2v) is 5.16. The highest BCUT2D eigenvalue weighted by molar-refractivity contribution is 6.33. The van der Waals surface area contributed by atoms with Crippen molar-refractivity contribution in [3.8, 4) is 0 Å². The topological polar surface area (TPSA) is 54.0 Å². The minimum absolute atomic E-state index is 0.187. The average Bonchev–Trinajstić information content (AvgIpc) is 2.48. The fourth-order valence-electron chi connectivity index (χ4n) is 1.85. The Morgan fingerprint density at radius 1 is 1.29 bits per heavy atom. The van der Waals surface area contributed by atoms with Gasteiger partial charge in [0.15, 0.2) is 0 Å². The van der Waals surface area contributed by atoms with Crippen LogP contribution in [0, 0.1) is 6.92 Å². The summed E-state index contributed by atoms with van der Waals surface area (Å²) in [4.78, 5) is 16.2. The van der Waals surface area contributed by atoms with E-state index >= 15 is 0 Å². The molecule has 2 N–H and O–H groups in total. The zero-order valence-corrected chi connectivity index (χ0v) is 12.9. The van der Waals surface area contributed by atoms with Gasteiger partial charge in [0.05, 0.1) is 10.6 Å². The summed E-state index contributed by atoms with van der Waals surface area (Å²) in [6.07, 6.45) is 1.52. The summed E-state index contributed by atoms with van der Waals surface area (Å²) in [7, 11) is 0. The Morgan fingerprint density at radius 2 is 2.00 bits per heavy atom. The number of aryl methyl sites for hydroxylation is 1. The largest absolute Gasteiger partial charge is 0.369 e. The highest BCUT2D eigenvalue weighted by atomic mass is 35.5. The molecule has 0 aliphatic heterocycles. The molecule has 1 aromatic heterocycles. The highest BCUT2D eigenvalue weighted by Crippen LogP contribution is 2.19. The van der Waals surface area contributed by atoms with E-state index in [1.54, 1.807) is 6.07 Å². The van der Waals surface area contributed by atoms with Crippen LogP contribution >= 0.6 is 11.6 Å². The number of nitrogens with one attached hydrogen (secondary N) is 2. The van der Waals surface area contributed by atoms with E-state index in [0.717, 1.165) is 12.1 Å². The molecule has 0 aliphatic rings. The molecule has 2 aromatic rings. The van der Waals surface area contributed by atoms with Crippen molar-refractivity contribution in [1.82, 2.24) is 10.3 Å². The lowest BCUT2D eigenvalue weighted by Gasteiger charge is -2.08. The van der Waals surface area contributed by atoms with Gasteiger partial charge in [-0.3, -0.25) is 4.79 Å². The Balaban J connectivity index is 2.00. The van der Waals surface area contributed by atoms with Gasteiger partial charge in [0.1, 0.15) is 5.82 Å². The highest BCUT2D eigenvalue weighted by Gasteiger charge is 2.09. The van der Waals surface area contributed by atoms with Gasteiger partial charge in [-0.1, -0.05) is 41.4 Å². The number of carbonyl (C=O) groups excluding carboxylic acids is 1. The molecule has 1 amide bonds. The van der Waals surface area contributed by atoms with Crippen LogP contribution in [0.3, 0.4) is 0 Å². The number of hydrogen-bond acceptors (Lipinski definition) is 3. The Hall–Kier alpha value is -2.07. The fourth-order valence-corrected chi connectivity index (χ4v) is 2.08. The van der Waals surface area contributed by atoms with Crippen LogP contribution in [0.15, 0.2) is 36.5 Å². The zero-order valence-electron chi connectivity index (χ0n) is 12.1. The molecule has 110 valence electrons. The van der Waals surface area contributed by atoms with Crippen LogP contribution in [0.1, 0.15) is 28.4 Å². The Labute approximate surface area is 129 Å². The smallest absolute Gasteiger partial charge is 0.253 e. The van der Waals surface area contributed by atoms with E-state index in [1.807, 2.05) is 38.1 Å². The van der Waals surface area contributed by atoms with Gasteiger partial charge in [0.2, 0.25) is 0 Å². The summed E-state index contributed by atoms with van der Waals surface area (Å²) < 4.78 is 0. The number of aromatic nitrogens is 1. The van der Waals surface area contributed by atoms with Crippen LogP contribution in [0.4, 0.5) is 5.82 Å². The predicted molar refractivity (Wildman–Crippen MR) is 85.8 cm³/mol. The van der Waals surface area contributed by atoms with Crippen LogP contribution in [-0.4, -0.2) is 17.4 Å². The zero-order chi connectivity index (χ0) is 15.2. The first-order valence-electron chi connectivity index (χ1n) is 6.83. The van der Waals surface area contributed by atoms with Gasteiger partial charge in [-0.2, -0.15) is 0 Å². The second kappa shape index (κ2) is 7.09. The van der Waals surface area contributed by atoms with Crippen molar-refractivity contribution in [2.75, 3.05) is 11.9 Å². The molecule has 0 fully saturated rings. The van der Waals surface area contributed by atoms with Crippen molar-refractivity contribution in [1.29, 1.82) is 0 Å². The van der Waals surface area contributed by atoms with Gasteiger partial charge < -0.3 is 10.6 Å². The van der Waals surface area contributed by atoms with Gasteiger partial charge in [-0.15, -0.1) is 0 Å². The number of amides is 1. The molecule has 1 aromatic carbocycles. The molecule has 0 saturated heterocycles. The standard InChI is InChI=1S/C16H18ClN3O/c1-3-18-15-14(17)8-13(10-19-15)16(21)20-9-12-6-4-11(2)5-7-12/h4-8,10H,3,9H2,1-2H3,(H,18,19)(H,20,21). The van der Waals surface area contributed by atoms with Crippen LogP contribution < -0.4 is 10.6 Å². The van der Waals surface area contributed by atoms with Crippen molar-refractivity contribution in [2.45, 2.75) is 20.4 Å². The second-order valence-electron chi connectivity index (χ2n) is 4.75. The van der Waals surface area contributed by atoms with E-state index < -0.39 is 0 Å². The minimum Gasteiger partial charge on any atom is -0.369 e. The van der Waals surface area contributed by atoms with Gasteiger partial charge in [-0.25, -0.2) is 4.98 Å². The Morgan fingerprint density at radius 3 is 2.62 bits per heavy atom. The van der Waals surface area contributed by atoms with Crippen molar-refractivity contribution in [2.24, 2.45) is 0 Å². The van der Waals surface area contributed by atoms with Gasteiger partial charge in [-0.05, 0) is 25.5 Å². The maximum absolute atomic E-state index is 12.1. The molecule has 2 rings (SSSR count). The number of benzene rings is 1. The molecular formula is C16H18ClN3O. The molecule has 0 unspecified atom stereocenters. The van der Waals surface area contributed by atoms with Crippen molar-refractivity contribution < 1.29 is 4.79 Å². The van der Waals surface area contributed by atoms with Gasteiger partial charge >= 0.3 is 0 Å². The third-order valence-corrected chi connectivity index (χ3v) is 3.31. The summed E-state index contributed by atoms with van der Waals surface area (Å²) in [5.74, 6) is 0.405. The molecule has 5 heteroatoms. The number of anilines is 1. The van der Waals surface area contributed by atoms with Gasteiger partial charge in [0, 0.05) is 19.3 Å². The lowest BCUT2D eigenvalue weighted by atomic mass is 10.1. The first kappa shape index (κ1) is 15.3. The van der Waals surface area contributed by atoms with E-state index in [0.29, 0.717) is 22.9 Å². The molecule has 0 atom stereocenters. The Bertz CT molecular complexity index is 626. The molecule has 0 bridgehead atoms. The quantitative estimate of drug-likeness (QED) is 0.890. The third-order valence-electron chi connectivity index (χ3n) is 3.02. The van der Waals surface area contributed by atoms with Crippen molar-refractivity contribution >= 4 is 23.3 Å². The number of pyridine rings is 1. The molecule has 0 spiro atoms. The monoisotopic (exact) mass is 303 g/mol. The van der Waals surface area contributed by atoms with Gasteiger partial charge in [0.25, 0.3) is 5.91 Å². The van der Waals surface area contributed by atoms with Crippen LogP contribution in [0.2, 0.25) is 5.02 Å². The van der Waals surface area contributed by atoms with Crippen molar-refractivity contribution in [3.63, 3.8) is 0 Å². The maximum atomic E-state index is 12.1. The first-order chi connectivity index (χ1) is 10.1. The van der Waals surface area contributed by atoms with E-state index in [9.17, 15) is 4.79 Å². The lowest BCUT2D eigenvalue weighted by molar-refractivity contribution is 0.0950. The summed E-state index contributed by atoms with van der Waals surface area (Å²) in [5, 5.41) is 6.33. The summed E-state index contributed by atoms with van der Waals surface area (Å²) in [5.41, 5.74) is 2.70. The molecule has 21 heavy (non-hydrogen) atoms. The van der Waals surface area contributed by atoms with E-state index in [-0.39, 0.29) is 5.91 Å². The molecule has 0 radical (unpaired) electrons. The number of hydrogen-bond donors (Lipinski definition) is 2. The lowest BCUT2D eigenvalue weighted by Crippen LogP contribution is -2.23. The number of rotatable bonds is 5. The van der Waals surface area contributed by atoms with Crippen LogP contribution in [-0.2, 0) is 6.54 Å². The summed E-state index contributed by atoms with van der Waals surface area (Å²) in [6, 6.07) is 9.65. The molecule has 0 aliphatic carbocycles. The van der Waals surface area contributed by atoms with Crippen molar-refractivity contribution in [3.05, 3.63) is 58.2 Å². The number of nitrogens with zero attached hydrogens (tertiary/aromatic N) is 1. The maximum Gasteiger partial charge on any atom is 0.253 e. The normalized spacial score (nSPS) is 10.2. The summed E-state index contributed by atoms with van der Waals surface area (Å²) in [6.45, 7) is 5.19. The molecule has 0 saturated carbocycles. The number of carbonyl (C=O) groups is 1. The Kier molecular flexibility index (Phi) is 5.17. The van der Waals surface area contributed by atoms with E-state index in [1.165, 1.54) is 11.8 Å². The van der Waals surface area contributed by atoms with Crippen LogP contribution in [0.5, 0.6) is 0 Å².